The average Bonchev–Trinajstić information content (AvgIpc) is 2.79. The van der Waals surface area contributed by atoms with Crippen molar-refractivity contribution in [3.05, 3.63) is 22.4 Å². The molecule has 0 spiro atoms. The van der Waals surface area contributed by atoms with Gasteiger partial charge >= 0.3 is 0 Å². The van der Waals surface area contributed by atoms with E-state index in [0.29, 0.717) is 13.0 Å². The van der Waals surface area contributed by atoms with E-state index in [1.54, 1.807) is 11.3 Å². The number of nitrogens with two attached hydrogens (primary N) is 1. The van der Waals surface area contributed by atoms with E-state index < -0.39 is 0 Å². The molecule has 90 valence electrons. The Hall–Kier alpha value is -0.870. The number of hydrogen-bond acceptors (Lipinski definition) is 3. The second-order valence-electron chi connectivity index (χ2n) is 3.82. The Morgan fingerprint density at radius 3 is 3.00 bits per heavy atom. The number of rotatable bonds is 7. The number of carbonyl (C=O) groups is 1. The fourth-order valence-corrected chi connectivity index (χ4v) is 2.41. The minimum atomic E-state index is 0.109. The summed E-state index contributed by atoms with van der Waals surface area (Å²) in [6.45, 7) is 2.71. The molecule has 4 heteroatoms. The Labute approximate surface area is 101 Å². The Balaban J connectivity index is 2.48. The number of amides is 1. The molecular weight excluding hydrogens is 220 g/mol. The van der Waals surface area contributed by atoms with Gasteiger partial charge in [-0.15, -0.1) is 11.3 Å². The smallest absolute Gasteiger partial charge is 0.220 e. The lowest BCUT2D eigenvalue weighted by molar-refractivity contribution is -0.121. The summed E-state index contributed by atoms with van der Waals surface area (Å²) < 4.78 is 0. The first-order valence-corrected chi connectivity index (χ1v) is 6.68. The van der Waals surface area contributed by atoms with Gasteiger partial charge in [-0.05, 0) is 30.8 Å². The second kappa shape index (κ2) is 7.41. The van der Waals surface area contributed by atoms with Crippen molar-refractivity contribution < 1.29 is 4.79 Å². The zero-order chi connectivity index (χ0) is 11.8. The van der Waals surface area contributed by atoms with Crippen LogP contribution in [-0.2, 0) is 4.79 Å². The van der Waals surface area contributed by atoms with Gasteiger partial charge in [0.2, 0.25) is 5.91 Å². The summed E-state index contributed by atoms with van der Waals surface area (Å²) in [5, 5.41) is 5.12. The first kappa shape index (κ1) is 13.2. The van der Waals surface area contributed by atoms with E-state index in [1.807, 2.05) is 11.4 Å². The van der Waals surface area contributed by atoms with Crippen molar-refractivity contribution in [1.29, 1.82) is 0 Å². The largest absolute Gasteiger partial charge is 0.348 e. The quantitative estimate of drug-likeness (QED) is 0.769. The average molecular weight is 240 g/mol. The standard InChI is InChI=1S/C12H20N2OS/c1-2-5-10(11-6-4-9-16-11)14-12(15)7-3-8-13/h4,6,9-10H,2-3,5,7-8,13H2,1H3,(H,14,15). The highest BCUT2D eigenvalue weighted by molar-refractivity contribution is 7.10. The van der Waals surface area contributed by atoms with Gasteiger partial charge in [-0.2, -0.15) is 0 Å². The van der Waals surface area contributed by atoms with E-state index in [4.69, 9.17) is 5.73 Å². The molecule has 1 rings (SSSR count). The van der Waals surface area contributed by atoms with E-state index in [1.165, 1.54) is 4.88 Å². The third-order valence-corrected chi connectivity index (χ3v) is 3.39. The molecule has 16 heavy (non-hydrogen) atoms. The predicted octanol–water partition coefficient (Wildman–Crippen LogP) is 2.44. The minimum absolute atomic E-state index is 0.109. The summed E-state index contributed by atoms with van der Waals surface area (Å²) in [5.74, 6) is 0.109. The topological polar surface area (TPSA) is 55.1 Å². The first-order chi connectivity index (χ1) is 7.77. The highest BCUT2D eigenvalue weighted by Gasteiger charge is 2.13. The van der Waals surface area contributed by atoms with E-state index in [2.05, 4.69) is 18.3 Å². The molecule has 0 bridgehead atoms. The molecule has 0 aromatic carbocycles. The van der Waals surface area contributed by atoms with Gasteiger partial charge in [0, 0.05) is 11.3 Å². The van der Waals surface area contributed by atoms with Crippen molar-refractivity contribution >= 4 is 17.2 Å². The molecule has 0 saturated carbocycles. The maximum absolute atomic E-state index is 11.6. The Bertz CT molecular complexity index is 298. The normalized spacial score (nSPS) is 12.4. The van der Waals surface area contributed by atoms with Crippen molar-refractivity contribution in [2.24, 2.45) is 5.73 Å². The van der Waals surface area contributed by atoms with Gasteiger partial charge in [0.1, 0.15) is 0 Å². The van der Waals surface area contributed by atoms with Crippen LogP contribution in [0, 0.1) is 0 Å². The Kier molecular flexibility index (Phi) is 6.11. The highest BCUT2D eigenvalue weighted by atomic mass is 32.1. The molecule has 0 fully saturated rings. The van der Waals surface area contributed by atoms with Gasteiger partial charge in [-0.1, -0.05) is 19.4 Å². The van der Waals surface area contributed by atoms with Crippen LogP contribution in [0.4, 0.5) is 0 Å². The van der Waals surface area contributed by atoms with Crippen LogP contribution < -0.4 is 11.1 Å². The minimum Gasteiger partial charge on any atom is -0.348 e. The maximum atomic E-state index is 11.6. The maximum Gasteiger partial charge on any atom is 0.220 e. The number of nitrogens with one attached hydrogen (secondary N) is 1. The predicted molar refractivity (Wildman–Crippen MR) is 68.4 cm³/mol. The molecule has 1 aromatic heterocycles. The van der Waals surface area contributed by atoms with Crippen LogP contribution >= 0.6 is 11.3 Å². The van der Waals surface area contributed by atoms with Crippen LogP contribution in [0.3, 0.4) is 0 Å². The van der Waals surface area contributed by atoms with Crippen LogP contribution in [0.5, 0.6) is 0 Å². The number of thiophene rings is 1. The zero-order valence-electron chi connectivity index (χ0n) is 9.74. The fourth-order valence-electron chi connectivity index (χ4n) is 1.59. The molecule has 1 unspecified atom stereocenters. The van der Waals surface area contributed by atoms with Crippen molar-refractivity contribution in [3.63, 3.8) is 0 Å². The van der Waals surface area contributed by atoms with E-state index in [-0.39, 0.29) is 11.9 Å². The molecule has 0 radical (unpaired) electrons. The second-order valence-corrected chi connectivity index (χ2v) is 4.80. The van der Waals surface area contributed by atoms with Crippen LogP contribution in [0.25, 0.3) is 0 Å². The Morgan fingerprint density at radius 1 is 1.62 bits per heavy atom. The molecule has 3 nitrogen and oxygen atoms in total. The number of carbonyl (C=O) groups excluding carboxylic acids is 1. The van der Waals surface area contributed by atoms with Crippen LogP contribution in [0.15, 0.2) is 17.5 Å². The first-order valence-electron chi connectivity index (χ1n) is 5.80. The van der Waals surface area contributed by atoms with E-state index in [0.717, 1.165) is 19.3 Å². The Morgan fingerprint density at radius 2 is 2.44 bits per heavy atom. The SMILES string of the molecule is CCCC(NC(=O)CCCN)c1cccs1. The van der Waals surface area contributed by atoms with Gasteiger partial charge in [0.05, 0.1) is 6.04 Å². The molecule has 0 aliphatic carbocycles. The summed E-state index contributed by atoms with van der Waals surface area (Å²) in [5.41, 5.74) is 5.38. The van der Waals surface area contributed by atoms with Crippen LogP contribution in [0.1, 0.15) is 43.5 Å². The molecule has 1 amide bonds. The molecule has 0 aliphatic rings. The van der Waals surface area contributed by atoms with Gasteiger partial charge in [0.15, 0.2) is 0 Å². The lowest BCUT2D eigenvalue weighted by atomic mass is 10.1. The third kappa shape index (κ3) is 4.33. The van der Waals surface area contributed by atoms with E-state index >= 15 is 0 Å². The van der Waals surface area contributed by atoms with Crippen molar-refractivity contribution in [1.82, 2.24) is 5.32 Å². The van der Waals surface area contributed by atoms with Crippen LogP contribution in [0.2, 0.25) is 0 Å². The van der Waals surface area contributed by atoms with Gasteiger partial charge in [-0.3, -0.25) is 4.79 Å². The van der Waals surface area contributed by atoms with Gasteiger partial charge < -0.3 is 11.1 Å². The number of hydrogen-bond donors (Lipinski definition) is 2. The fraction of sp³-hybridized carbons (Fsp3) is 0.583. The molecule has 1 atom stereocenters. The monoisotopic (exact) mass is 240 g/mol. The molecule has 3 N–H and O–H groups in total. The lowest BCUT2D eigenvalue weighted by Gasteiger charge is -2.16. The lowest BCUT2D eigenvalue weighted by Crippen LogP contribution is -2.28. The van der Waals surface area contributed by atoms with Gasteiger partial charge in [0.25, 0.3) is 0 Å². The zero-order valence-corrected chi connectivity index (χ0v) is 10.6. The molecule has 1 heterocycles. The molecule has 0 saturated heterocycles. The van der Waals surface area contributed by atoms with E-state index in [9.17, 15) is 4.79 Å². The van der Waals surface area contributed by atoms with Crippen molar-refractivity contribution in [2.45, 2.75) is 38.6 Å². The summed E-state index contributed by atoms with van der Waals surface area (Å²) in [6.07, 6.45) is 3.35. The van der Waals surface area contributed by atoms with Crippen molar-refractivity contribution in [2.75, 3.05) is 6.54 Å². The summed E-state index contributed by atoms with van der Waals surface area (Å²) in [4.78, 5) is 12.9. The molecule has 0 aliphatic heterocycles. The molecular formula is C12H20N2OS. The molecule has 1 aromatic rings. The van der Waals surface area contributed by atoms with Crippen LogP contribution in [-0.4, -0.2) is 12.5 Å². The highest BCUT2D eigenvalue weighted by Crippen LogP contribution is 2.23. The summed E-state index contributed by atoms with van der Waals surface area (Å²) >= 11 is 1.70. The van der Waals surface area contributed by atoms with Crippen molar-refractivity contribution in [3.8, 4) is 0 Å². The summed E-state index contributed by atoms with van der Waals surface area (Å²) in [6, 6.07) is 4.28. The summed E-state index contributed by atoms with van der Waals surface area (Å²) in [7, 11) is 0. The van der Waals surface area contributed by atoms with Gasteiger partial charge in [-0.25, -0.2) is 0 Å². The third-order valence-electron chi connectivity index (χ3n) is 2.41.